The normalized spacial score (nSPS) is 13.8. The van der Waals surface area contributed by atoms with Crippen LogP contribution in [0.15, 0.2) is 173 Å². The van der Waals surface area contributed by atoms with Gasteiger partial charge in [-0.3, -0.25) is 45.0 Å². The standard InChI is InChI=1S/C37H45N7O.C29H37N5O.C26H35N3O.C9H12N2.C4H6N2.K.H/c1-7-43(8-2)35(45)37(5,6)30-9-10-33-32(22-30)31(34(42-33)29-20-25(3)19-26(4)21-29)13-17-40-36(41-24-38)44-18-14-28(23-44)27-11-15-39-16-12-27;1-8-34(9-2)28(35)29(6,7)23-10-11-26-25(17-23)24(12-13-31-21(5)32-18-30)27(33-26)22-15-19(3)14-20(4)16-22;1-7-29(8-2)25(30)26(5,6)20-9-10-23-22(16-20)21(11-12-27)24(28-23)19-14-17(3)13-18(4)15-19;1-4-10-5-2-8(1)9-3-6-11-7-9;1-4(2)6-3-5;;/h9-12,15-16,19-22,28,42H,7-8,13-14,17-18,23H2,1-6H3,(H,40,41);10-11,14-17,33H,8-9,12-13H2,1-7H3,(H,31,32);9-10,13-16,28H,7-8,11-12,27H2,1-6H3;1-2,4-5,9,11H,3,6-7H2;1-2H3;;/q;;;;;+1;-1. The molecule has 670 valence electrons. The molecule has 6 aromatic carbocycles. The molecule has 3 amide bonds. The van der Waals surface area contributed by atoms with Crippen LogP contribution in [0.25, 0.3) is 66.5 Å². The van der Waals surface area contributed by atoms with Gasteiger partial charge in [-0.2, -0.15) is 20.8 Å². The Balaban J connectivity index is 0.000000243. The summed E-state index contributed by atoms with van der Waals surface area (Å²) < 4.78 is 0. The number of nitrogens with one attached hydrogen (secondary N) is 6. The number of likely N-dealkylation sites (N-methyl/N-ethyl adjacent to an activating group) is 3. The number of nitriles is 3. The molecule has 8 N–H and O–H groups in total. The van der Waals surface area contributed by atoms with Gasteiger partial charge in [-0.05, 0) is 355 Å². The number of nitrogens with zero attached hydrogens (tertiary/aromatic N) is 12. The van der Waals surface area contributed by atoms with Crippen molar-refractivity contribution in [2.45, 2.75) is 206 Å². The quantitative estimate of drug-likeness (QED) is 0.00921. The molecule has 0 aliphatic carbocycles. The van der Waals surface area contributed by atoms with Crippen molar-refractivity contribution >= 4 is 67.9 Å². The topological polar surface area (TPSA) is 308 Å². The van der Waals surface area contributed by atoms with Gasteiger partial charge in [0.2, 0.25) is 29.9 Å². The van der Waals surface area contributed by atoms with Gasteiger partial charge in [-0.15, -0.1) is 0 Å². The summed E-state index contributed by atoms with van der Waals surface area (Å²) in [6.45, 7) is 52.1. The molecule has 2 atom stereocenters. The first kappa shape index (κ1) is 102. The van der Waals surface area contributed by atoms with E-state index in [0.29, 0.717) is 76.4 Å². The Morgan fingerprint density at radius 3 is 1.16 bits per heavy atom. The number of aromatic nitrogens is 5. The zero-order valence-electron chi connectivity index (χ0n) is 81.1. The molecular weight excluding hydrogens is 1610 g/mol. The van der Waals surface area contributed by atoms with Crippen LogP contribution in [0.5, 0.6) is 0 Å². The fourth-order valence-corrected chi connectivity index (χ4v) is 17.6. The van der Waals surface area contributed by atoms with E-state index in [2.05, 4.69) is 237 Å². The number of amides is 3. The first-order valence-electron chi connectivity index (χ1n) is 45.0. The second-order valence-electron chi connectivity index (χ2n) is 35.2. The third-order valence-corrected chi connectivity index (χ3v) is 24.5. The number of guanidine groups is 1. The summed E-state index contributed by atoms with van der Waals surface area (Å²) in [5.74, 6) is 2.75. The second-order valence-corrected chi connectivity index (χ2v) is 35.2. The monoisotopic (exact) mass is 1750 g/mol. The van der Waals surface area contributed by atoms with Crippen LogP contribution >= 0.6 is 0 Å². The summed E-state index contributed by atoms with van der Waals surface area (Å²) in [7, 11) is 0. The fraction of sp³-hybridized carbons (Fsp3) is 0.419. The minimum Gasteiger partial charge on any atom is -1.00 e. The molecule has 2 fully saturated rings. The van der Waals surface area contributed by atoms with Gasteiger partial charge in [0.05, 0.1) is 16.2 Å². The molecule has 23 heteroatoms. The largest absolute Gasteiger partial charge is 1.00 e. The Morgan fingerprint density at radius 2 is 0.844 bits per heavy atom. The number of pyridine rings is 2. The smallest absolute Gasteiger partial charge is 1.00 e. The van der Waals surface area contributed by atoms with Crippen LogP contribution in [0, 0.1) is 75.9 Å². The summed E-state index contributed by atoms with van der Waals surface area (Å²) in [5.41, 5.74) is 31.4. The van der Waals surface area contributed by atoms with E-state index in [-0.39, 0.29) is 70.5 Å². The van der Waals surface area contributed by atoms with Crippen molar-refractivity contribution in [3.8, 4) is 52.4 Å². The molecule has 11 aromatic rings. The minimum atomic E-state index is -0.669. The van der Waals surface area contributed by atoms with Gasteiger partial charge < -0.3 is 47.0 Å². The third-order valence-electron chi connectivity index (χ3n) is 24.5. The summed E-state index contributed by atoms with van der Waals surface area (Å²) in [6, 6.07) is 47.2. The first-order chi connectivity index (χ1) is 60.7. The predicted molar refractivity (Wildman–Crippen MR) is 524 cm³/mol. The van der Waals surface area contributed by atoms with Gasteiger partial charge in [-0.1, -0.05) is 69.8 Å². The molecule has 128 heavy (non-hydrogen) atoms. The molecule has 2 unspecified atom stereocenters. The van der Waals surface area contributed by atoms with E-state index in [0.717, 1.165) is 141 Å². The number of hydrogen-bond acceptors (Lipinski definition) is 13. The number of aryl methyl sites for hydroxylation is 6. The zero-order chi connectivity index (χ0) is 92.5. The summed E-state index contributed by atoms with van der Waals surface area (Å²) >= 11 is 0. The van der Waals surface area contributed by atoms with Crippen LogP contribution in [0.2, 0.25) is 0 Å². The maximum absolute atomic E-state index is 13.6. The van der Waals surface area contributed by atoms with Gasteiger partial charge >= 0.3 is 51.4 Å². The molecule has 2 saturated heterocycles. The van der Waals surface area contributed by atoms with Crippen LogP contribution in [0.3, 0.4) is 0 Å². The average molecular weight is 1750 g/mol. The number of likely N-dealkylation sites (tertiary alicyclic amines) is 1. The van der Waals surface area contributed by atoms with Gasteiger partial charge in [-0.25, -0.2) is 0 Å². The van der Waals surface area contributed by atoms with E-state index >= 15 is 0 Å². The fourth-order valence-electron chi connectivity index (χ4n) is 17.6. The number of carbonyl (C=O) groups is 3. The summed E-state index contributed by atoms with van der Waals surface area (Å²) in [6.07, 6.45) is 17.5. The zero-order valence-corrected chi connectivity index (χ0v) is 83.2. The van der Waals surface area contributed by atoms with Crippen molar-refractivity contribution < 1.29 is 67.2 Å². The van der Waals surface area contributed by atoms with E-state index < -0.39 is 16.2 Å². The van der Waals surface area contributed by atoms with E-state index in [1.165, 1.54) is 73.2 Å². The molecule has 13 rings (SSSR count). The van der Waals surface area contributed by atoms with Gasteiger partial charge in [0.1, 0.15) is 5.84 Å². The van der Waals surface area contributed by atoms with E-state index in [1.807, 2.05) is 129 Å². The Bertz CT molecular complexity index is 5760. The van der Waals surface area contributed by atoms with Crippen molar-refractivity contribution in [2.24, 2.45) is 20.7 Å². The van der Waals surface area contributed by atoms with Crippen LogP contribution in [-0.4, -0.2) is 165 Å². The number of nitrogens with two attached hydrogens (primary N) is 1. The number of benzene rings is 6. The van der Waals surface area contributed by atoms with Crippen molar-refractivity contribution in [1.82, 2.24) is 60.5 Å². The van der Waals surface area contributed by atoms with Crippen molar-refractivity contribution in [2.75, 3.05) is 85.1 Å². The van der Waals surface area contributed by atoms with Crippen molar-refractivity contribution in [3.63, 3.8) is 0 Å². The van der Waals surface area contributed by atoms with Gasteiger partial charge in [0.25, 0.3) is 0 Å². The minimum absolute atomic E-state index is 0. The molecule has 0 bridgehead atoms. The number of carbonyl (C=O) groups excluding carboxylic acids is 3. The average Bonchev–Trinajstić information content (AvgIpc) is 1.63. The number of hydrogen-bond donors (Lipinski definition) is 7. The molecule has 0 spiro atoms. The Morgan fingerprint density at radius 1 is 0.492 bits per heavy atom. The molecule has 2 aliphatic heterocycles. The molecule has 7 heterocycles. The Kier molecular flexibility index (Phi) is 38.4. The SMILES string of the molecule is CC(C)=NC#N.CCN(CC)C(=O)C(C)(C)c1ccc2[nH]c(-c3cc(C)cc(C)c3)c(CCN)c2c1.CCN(CC)C(=O)C(C)(C)c1ccc2[nH]c(-c3cc(C)cc(C)c3)c(CCN=C(C)NC#N)c2c1.CCN(CC)C(=O)C(C)(C)c1ccc2[nH]c(-c3cc(C)cc(C)c3)c(CCN=C(NC#N)N3CCC(c4ccncc4)C3)c2c1.[H-].[K+].c1cc(C2CCNC2)ccn1. The second kappa shape index (κ2) is 47.9. The number of aromatic amines is 3. The molecule has 2 aliphatic rings. The third kappa shape index (κ3) is 26.0. The van der Waals surface area contributed by atoms with Crippen molar-refractivity contribution in [1.29, 1.82) is 15.8 Å². The van der Waals surface area contributed by atoms with Crippen molar-refractivity contribution in [3.05, 3.63) is 236 Å². The van der Waals surface area contributed by atoms with Crippen LogP contribution in [0.1, 0.15) is 208 Å². The van der Waals surface area contributed by atoms with E-state index in [1.54, 1.807) is 27.0 Å². The van der Waals surface area contributed by atoms with Crippen LogP contribution < -0.4 is 73.1 Å². The number of amidine groups is 1. The molecule has 0 radical (unpaired) electrons. The van der Waals surface area contributed by atoms with Gasteiger partial charge in [0.15, 0.2) is 12.4 Å². The number of rotatable bonds is 25. The molecule has 0 saturated carbocycles. The summed E-state index contributed by atoms with van der Waals surface area (Å²) in [4.78, 5) is 79.9. The summed E-state index contributed by atoms with van der Waals surface area (Å²) in [5, 5.41) is 38.4. The maximum Gasteiger partial charge on any atom is 1.00 e. The number of fused-ring (bicyclic) bond motifs is 3. The van der Waals surface area contributed by atoms with Gasteiger partial charge in [0, 0.05) is 158 Å². The molecular formula is C105H136KN19O3. The first-order valence-corrected chi connectivity index (χ1v) is 45.0. The van der Waals surface area contributed by atoms with Crippen LogP contribution in [0.4, 0.5) is 0 Å². The predicted octanol–water partition coefficient (Wildman–Crippen LogP) is 16.4. The maximum atomic E-state index is 13.6. The number of aliphatic imine (C=N–C) groups is 3. The van der Waals surface area contributed by atoms with E-state index in [9.17, 15) is 19.6 Å². The Hall–Kier alpha value is -10.9. The van der Waals surface area contributed by atoms with Crippen LogP contribution in [-0.2, 0) is 49.9 Å². The molecule has 22 nitrogen and oxygen atoms in total. The van der Waals surface area contributed by atoms with E-state index in [4.69, 9.17) is 21.2 Å². The molecule has 5 aromatic heterocycles. The Labute approximate surface area is 804 Å². The number of H-pyrrole nitrogens is 3.